The number of nitrogens with zero attached hydrogens (tertiary/aromatic N) is 1. The smallest absolute Gasteiger partial charge is 0.309 e. The standard InChI is InChI=1S/C13H12ClNO2/c1-9-2-5-12(8-13(16)17)15(9)11-6-3-10(14)4-7-11/h2-7H,8H2,1H3,(H,16,17). The third-order valence-corrected chi connectivity index (χ3v) is 2.83. The Morgan fingerprint density at radius 2 is 1.88 bits per heavy atom. The molecule has 0 aliphatic rings. The molecule has 1 aromatic carbocycles. The van der Waals surface area contributed by atoms with Gasteiger partial charge in [0, 0.05) is 22.1 Å². The molecule has 4 heteroatoms. The molecule has 3 nitrogen and oxygen atoms in total. The summed E-state index contributed by atoms with van der Waals surface area (Å²) in [5, 5.41) is 9.52. The quantitative estimate of drug-likeness (QED) is 0.908. The van der Waals surface area contributed by atoms with Crippen molar-refractivity contribution in [1.29, 1.82) is 0 Å². The van der Waals surface area contributed by atoms with E-state index in [0.717, 1.165) is 17.1 Å². The van der Waals surface area contributed by atoms with Crippen LogP contribution in [0.3, 0.4) is 0 Å². The van der Waals surface area contributed by atoms with Crippen LogP contribution in [0, 0.1) is 6.92 Å². The second-order valence-corrected chi connectivity index (χ2v) is 4.28. The van der Waals surface area contributed by atoms with E-state index in [0.29, 0.717) is 5.02 Å². The Labute approximate surface area is 104 Å². The fraction of sp³-hybridized carbons (Fsp3) is 0.154. The summed E-state index contributed by atoms with van der Waals surface area (Å²) in [5.74, 6) is -0.835. The van der Waals surface area contributed by atoms with Crippen molar-refractivity contribution in [3.8, 4) is 5.69 Å². The molecule has 0 fully saturated rings. The van der Waals surface area contributed by atoms with Gasteiger partial charge in [-0.2, -0.15) is 0 Å². The molecule has 0 radical (unpaired) electrons. The molecular formula is C13H12ClNO2. The Morgan fingerprint density at radius 3 is 2.47 bits per heavy atom. The van der Waals surface area contributed by atoms with E-state index >= 15 is 0 Å². The summed E-state index contributed by atoms with van der Waals surface area (Å²) in [6.07, 6.45) is 0.0104. The highest BCUT2D eigenvalue weighted by Gasteiger charge is 2.10. The lowest BCUT2D eigenvalue weighted by atomic mass is 10.2. The third kappa shape index (κ3) is 2.50. The zero-order valence-corrected chi connectivity index (χ0v) is 10.1. The molecule has 88 valence electrons. The van der Waals surface area contributed by atoms with Crippen LogP contribution in [-0.2, 0) is 11.2 Å². The fourth-order valence-electron chi connectivity index (χ4n) is 1.84. The first-order valence-electron chi connectivity index (χ1n) is 5.23. The molecule has 0 atom stereocenters. The first kappa shape index (κ1) is 11.7. The van der Waals surface area contributed by atoms with E-state index in [1.807, 2.05) is 35.8 Å². The monoisotopic (exact) mass is 249 g/mol. The van der Waals surface area contributed by atoms with Crippen LogP contribution < -0.4 is 0 Å². The molecule has 0 saturated heterocycles. The van der Waals surface area contributed by atoms with Crippen molar-refractivity contribution in [1.82, 2.24) is 4.57 Å². The lowest BCUT2D eigenvalue weighted by molar-refractivity contribution is -0.136. The Hall–Kier alpha value is -1.74. The van der Waals surface area contributed by atoms with E-state index in [2.05, 4.69) is 0 Å². The van der Waals surface area contributed by atoms with Crippen molar-refractivity contribution in [2.75, 3.05) is 0 Å². The van der Waals surface area contributed by atoms with Crippen molar-refractivity contribution in [2.24, 2.45) is 0 Å². The number of benzene rings is 1. The number of carboxylic acid groups (broad SMARTS) is 1. The van der Waals surface area contributed by atoms with E-state index in [9.17, 15) is 4.79 Å². The Kier molecular flexibility index (Phi) is 3.20. The molecule has 0 spiro atoms. The van der Waals surface area contributed by atoms with Crippen LogP contribution in [0.2, 0.25) is 5.02 Å². The van der Waals surface area contributed by atoms with Gasteiger partial charge in [0.25, 0.3) is 0 Å². The molecule has 0 saturated carbocycles. The van der Waals surface area contributed by atoms with Crippen LogP contribution >= 0.6 is 11.6 Å². The van der Waals surface area contributed by atoms with Gasteiger partial charge in [-0.15, -0.1) is 0 Å². The summed E-state index contributed by atoms with van der Waals surface area (Å²) >= 11 is 5.83. The minimum absolute atomic E-state index is 0.0104. The molecule has 0 bridgehead atoms. The zero-order valence-electron chi connectivity index (χ0n) is 9.35. The van der Waals surface area contributed by atoms with E-state index in [4.69, 9.17) is 16.7 Å². The number of aryl methyl sites for hydroxylation is 1. The second kappa shape index (κ2) is 4.63. The van der Waals surface area contributed by atoms with Gasteiger partial charge in [0.2, 0.25) is 0 Å². The van der Waals surface area contributed by atoms with Crippen molar-refractivity contribution in [3.63, 3.8) is 0 Å². The van der Waals surface area contributed by atoms with Crippen molar-refractivity contribution in [2.45, 2.75) is 13.3 Å². The lowest BCUT2D eigenvalue weighted by Gasteiger charge is -2.10. The Morgan fingerprint density at radius 1 is 1.24 bits per heavy atom. The Balaban J connectivity index is 2.46. The first-order valence-corrected chi connectivity index (χ1v) is 5.60. The highest BCUT2D eigenvalue weighted by molar-refractivity contribution is 6.30. The number of carboxylic acids is 1. The minimum atomic E-state index is -0.835. The molecule has 2 rings (SSSR count). The van der Waals surface area contributed by atoms with Crippen molar-refractivity contribution < 1.29 is 9.90 Å². The van der Waals surface area contributed by atoms with Crippen LogP contribution in [0.5, 0.6) is 0 Å². The molecule has 1 N–H and O–H groups in total. The van der Waals surface area contributed by atoms with E-state index in [1.54, 1.807) is 12.1 Å². The highest BCUT2D eigenvalue weighted by Crippen LogP contribution is 2.19. The summed E-state index contributed by atoms with van der Waals surface area (Å²) in [5.41, 5.74) is 2.69. The van der Waals surface area contributed by atoms with E-state index in [1.165, 1.54) is 0 Å². The summed E-state index contributed by atoms with van der Waals surface area (Å²) < 4.78 is 1.92. The second-order valence-electron chi connectivity index (χ2n) is 3.85. The summed E-state index contributed by atoms with van der Waals surface area (Å²) in [7, 11) is 0. The number of hydrogen-bond donors (Lipinski definition) is 1. The maximum atomic E-state index is 10.8. The van der Waals surface area contributed by atoms with Gasteiger partial charge in [-0.05, 0) is 43.3 Å². The van der Waals surface area contributed by atoms with Gasteiger partial charge < -0.3 is 9.67 Å². The predicted molar refractivity (Wildman–Crippen MR) is 66.9 cm³/mol. The maximum Gasteiger partial charge on any atom is 0.309 e. The van der Waals surface area contributed by atoms with E-state index in [-0.39, 0.29) is 6.42 Å². The van der Waals surface area contributed by atoms with E-state index < -0.39 is 5.97 Å². The lowest BCUT2D eigenvalue weighted by Crippen LogP contribution is -2.07. The van der Waals surface area contributed by atoms with Gasteiger partial charge in [0.15, 0.2) is 0 Å². The molecule has 1 heterocycles. The van der Waals surface area contributed by atoms with Crippen LogP contribution in [0.4, 0.5) is 0 Å². The summed E-state index contributed by atoms with van der Waals surface area (Å²) in [6.45, 7) is 1.94. The zero-order chi connectivity index (χ0) is 12.4. The SMILES string of the molecule is Cc1ccc(CC(=O)O)n1-c1ccc(Cl)cc1. The van der Waals surface area contributed by atoms with Gasteiger partial charge in [-0.25, -0.2) is 0 Å². The molecule has 1 aromatic heterocycles. The van der Waals surface area contributed by atoms with Gasteiger partial charge in [-0.1, -0.05) is 11.6 Å². The fourth-order valence-corrected chi connectivity index (χ4v) is 1.97. The summed E-state index contributed by atoms with van der Waals surface area (Å²) in [6, 6.07) is 11.1. The topological polar surface area (TPSA) is 42.2 Å². The maximum absolute atomic E-state index is 10.8. The van der Waals surface area contributed by atoms with Crippen LogP contribution in [0.1, 0.15) is 11.4 Å². The third-order valence-electron chi connectivity index (χ3n) is 2.57. The number of aliphatic carboxylic acids is 1. The van der Waals surface area contributed by atoms with Crippen molar-refractivity contribution in [3.05, 3.63) is 52.8 Å². The average Bonchev–Trinajstić information content (AvgIpc) is 2.61. The molecule has 0 aliphatic heterocycles. The highest BCUT2D eigenvalue weighted by atomic mass is 35.5. The Bertz CT molecular complexity index is 543. The van der Waals surface area contributed by atoms with Crippen LogP contribution in [-0.4, -0.2) is 15.6 Å². The number of halogens is 1. The summed E-state index contributed by atoms with van der Waals surface area (Å²) in [4.78, 5) is 10.8. The number of rotatable bonds is 3. The van der Waals surface area contributed by atoms with Gasteiger partial charge in [0.05, 0.1) is 6.42 Å². The molecule has 0 aliphatic carbocycles. The van der Waals surface area contributed by atoms with Gasteiger partial charge >= 0.3 is 5.97 Å². The molecule has 0 unspecified atom stereocenters. The number of carbonyl (C=O) groups is 1. The van der Waals surface area contributed by atoms with Gasteiger partial charge in [0.1, 0.15) is 0 Å². The first-order chi connectivity index (χ1) is 8.08. The predicted octanol–water partition coefficient (Wildman–Crippen LogP) is 3.07. The number of hydrogen-bond acceptors (Lipinski definition) is 1. The molecule has 2 aromatic rings. The minimum Gasteiger partial charge on any atom is -0.481 e. The molecule has 17 heavy (non-hydrogen) atoms. The van der Waals surface area contributed by atoms with Gasteiger partial charge in [-0.3, -0.25) is 4.79 Å². The van der Waals surface area contributed by atoms with Crippen LogP contribution in [0.25, 0.3) is 5.69 Å². The largest absolute Gasteiger partial charge is 0.481 e. The van der Waals surface area contributed by atoms with Crippen molar-refractivity contribution >= 4 is 17.6 Å². The molecular weight excluding hydrogens is 238 g/mol. The molecule has 0 amide bonds. The normalized spacial score (nSPS) is 10.5. The number of aromatic nitrogens is 1. The van der Waals surface area contributed by atoms with Crippen LogP contribution in [0.15, 0.2) is 36.4 Å². The average molecular weight is 250 g/mol.